The van der Waals surface area contributed by atoms with Crippen LogP contribution in [0.15, 0.2) is 6.07 Å². The first-order chi connectivity index (χ1) is 14.1. The number of anilines is 1. The number of carbonyl (C=O) groups is 2. The minimum absolute atomic E-state index is 0.0350. The fraction of sp³-hybridized carbons (Fsp3) is 0.571. The number of amides is 2. The smallest absolute Gasteiger partial charge is 0.266 e. The van der Waals surface area contributed by atoms with Gasteiger partial charge in [-0.25, -0.2) is 15.0 Å². The predicted molar refractivity (Wildman–Crippen MR) is 118 cm³/mol. The van der Waals surface area contributed by atoms with E-state index >= 15 is 0 Å². The van der Waals surface area contributed by atoms with Crippen molar-refractivity contribution < 1.29 is 9.59 Å². The first-order valence-corrected chi connectivity index (χ1v) is 10.9. The van der Waals surface area contributed by atoms with Gasteiger partial charge in [0.25, 0.3) is 5.91 Å². The van der Waals surface area contributed by atoms with E-state index in [-0.39, 0.29) is 23.8 Å². The number of carbonyl (C=O) groups excluding carboxylic acids is 2. The van der Waals surface area contributed by atoms with Gasteiger partial charge in [-0.3, -0.25) is 9.59 Å². The maximum Gasteiger partial charge on any atom is 0.266 e. The molecule has 2 aromatic heterocycles. The molecule has 1 atom stereocenters. The molecule has 0 N–H and O–H groups in total. The summed E-state index contributed by atoms with van der Waals surface area (Å²) in [6.07, 6.45) is 0.454. The van der Waals surface area contributed by atoms with Crippen molar-refractivity contribution in [2.45, 2.75) is 52.6 Å². The van der Waals surface area contributed by atoms with Crippen LogP contribution in [0.2, 0.25) is 0 Å². The van der Waals surface area contributed by atoms with Crippen molar-refractivity contribution in [3.63, 3.8) is 0 Å². The van der Waals surface area contributed by atoms with Crippen LogP contribution in [0.3, 0.4) is 0 Å². The Bertz CT molecular complexity index is 955. The van der Waals surface area contributed by atoms with Crippen LogP contribution in [-0.4, -0.2) is 70.3 Å². The molecule has 0 radical (unpaired) electrons. The summed E-state index contributed by atoms with van der Waals surface area (Å²) >= 11 is 1.40. The summed E-state index contributed by atoms with van der Waals surface area (Å²) in [7, 11) is 5.60. The number of likely N-dealkylation sites (tertiary alicyclic amines) is 1. The Balaban J connectivity index is 1.85. The molecule has 8 nitrogen and oxygen atoms in total. The Morgan fingerprint density at radius 1 is 1.23 bits per heavy atom. The van der Waals surface area contributed by atoms with E-state index in [1.165, 1.54) is 11.3 Å². The average molecular weight is 431 g/mol. The number of aromatic nitrogens is 3. The van der Waals surface area contributed by atoms with Gasteiger partial charge in [0.1, 0.15) is 16.5 Å². The van der Waals surface area contributed by atoms with Crippen molar-refractivity contribution in [3.05, 3.63) is 33.2 Å². The second-order valence-corrected chi connectivity index (χ2v) is 9.51. The van der Waals surface area contributed by atoms with E-state index in [1.807, 2.05) is 57.7 Å². The highest BCUT2D eigenvalue weighted by Gasteiger charge is 2.33. The molecule has 0 aliphatic carbocycles. The zero-order valence-electron chi connectivity index (χ0n) is 18.8. The Morgan fingerprint density at radius 2 is 1.93 bits per heavy atom. The molecule has 9 heteroatoms. The second-order valence-electron chi connectivity index (χ2n) is 8.31. The van der Waals surface area contributed by atoms with Crippen LogP contribution in [0.25, 0.3) is 0 Å². The molecule has 0 spiro atoms. The summed E-state index contributed by atoms with van der Waals surface area (Å²) < 4.78 is 0. The normalized spacial score (nSPS) is 16.5. The Morgan fingerprint density at radius 3 is 2.47 bits per heavy atom. The lowest BCUT2D eigenvalue weighted by Gasteiger charge is -2.22. The maximum absolute atomic E-state index is 12.9. The molecule has 3 rings (SSSR count). The first-order valence-electron chi connectivity index (χ1n) is 10.1. The molecule has 1 aliphatic heterocycles. The van der Waals surface area contributed by atoms with E-state index in [4.69, 9.17) is 4.98 Å². The molecule has 0 saturated carbocycles. The lowest BCUT2D eigenvalue weighted by Crippen LogP contribution is -2.32. The molecule has 1 aliphatic rings. The van der Waals surface area contributed by atoms with Gasteiger partial charge in [0.15, 0.2) is 0 Å². The first kappa shape index (κ1) is 22.1. The lowest BCUT2D eigenvalue weighted by molar-refractivity contribution is -0.129. The molecular formula is C21H30N6O2S. The molecule has 1 fully saturated rings. The quantitative estimate of drug-likeness (QED) is 0.701. The minimum atomic E-state index is -0.0828. The lowest BCUT2D eigenvalue weighted by atomic mass is 10.0. The van der Waals surface area contributed by atoms with Crippen LogP contribution in [0.1, 0.15) is 58.1 Å². The number of aryl methyl sites for hydroxylation is 2. The van der Waals surface area contributed by atoms with Crippen molar-refractivity contribution in [3.8, 4) is 0 Å². The third kappa shape index (κ3) is 4.61. The van der Waals surface area contributed by atoms with Crippen molar-refractivity contribution in [1.29, 1.82) is 0 Å². The largest absolute Gasteiger partial charge is 0.363 e. The van der Waals surface area contributed by atoms with Crippen LogP contribution in [0.5, 0.6) is 0 Å². The van der Waals surface area contributed by atoms with E-state index < -0.39 is 0 Å². The third-order valence-corrected chi connectivity index (χ3v) is 6.32. The fourth-order valence-electron chi connectivity index (χ4n) is 3.63. The molecule has 162 valence electrons. The maximum atomic E-state index is 12.9. The van der Waals surface area contributed by atoms with Gasteiger partial charge >= 0.3 is 0 Å². The van der Waals surface area contributed by atoms with Gasteiger partial charge in [0, 0.05) is 52.1 Å². The number of hydrogen-bond acceptors (Lipinski definition) is 7. The standard InChI is InChI=1S/C21H30N6O2S/c1-12(2)27-10-15(8-19(27)28)16-9-18(25(5)6)24-17(23-16)11-26(7)21(29)20-13(3)22-14(4)30-20/h9,12,15H,8,10-11H2,1-7H3/t15-/m1/s1. The predicted octanol–water partition coefficient (Wildman–Crippen LogP) is 2.61. The number of rotatable bonds is 6. The highest BCUT2D eigenvalue weighted by atomic mass is 32.1. The second kappa shape index (κ2) is 8.67. The topological polar surface area (TPSA) is 82.5 Å². The zero-order chi connectivity index (χ0) is 22.2. The summed E-state index contributed by atoms with van der Waals surface area (Å²) in [6, 6.07) is 2.12. The van der Waals surface area contributed by atoms with E-state index in [1.54, 1.807) is 11.9 Å². The van der Waals surface area contributed by atoms with Gasteiger partial charge in [-0.1, -0.05) is 0 Å². The van der Waals surface area contributed by atoms with Gasteiger partial charge in [-0.15, -0.1) is 11.3 Å². The molecule has 2 amide bonds. The van der Waals surface area contributed by atoms with Crippen molar-refractivity contribution in [2.75, 3.05) is 32.6 Å². The Labute approximate surface area is 181 Å². The molecular weight excluding hydrogens is 400 g/mol. The van der Waals surface area contributed by atoms with Crippen LogP contribution in [-0.2, 0) is 11.3 Å². The number of hydrogen-bond donors (Lipinski definition) is 0. The number of nitrogens with zero attached hydrogens (tertiary/aromatic N) is 6. The van der Waals surface area contributed by atoms with Gasteiger partial charge < -0.3 is 14.7 Å². The van der Waals surface area contributed by atoms with E-state index in [2.05, 4.69) is 9.97 Å². The molecule has 0 unspecified atom stereocenters. The Hall–Kier alpha value is -2.55. The monoisotopic (exact) mass is 430 g/mol. The molecule has 2 aromatic rings. The van der Waals surface area contributed by atoms with Crippen molar-refractivity contribution >= 4 is 29.0 Å². The van der Waals surface area contributed by atoms with Crippen LogP contribution in [0.4, 0.5) is 5.82 Å². The summed E-state index contributed by atoms with van der Waals surface area (Å²) in [6.45, 7) is 8.75. The van der Waals surface area contributed by atoms with E-state index in [0.29, 0.717) is 30.2 Å². The number of thiazole rings is 1. The van der Waals surface area contributed by atoms with Crippen LogP contribution < -0.4 is 4.90 Å². The molecule has 3 heterocycles. The summed E-state index contributed by atoms with van der Waals surface area (Å²) in [4.78, 5) is 45.1. The SMILES string of the molecule is Cc1nc(C)c(C(=O)N(C)Cc2nc([C@@H]3CC(=O)N(C(C)C)C3)cc(N(C)C)n2)s1. The summed E-state index contributed by atoms with van der Waals surface area (Å²) in [5, 5.41) is 0.873. The third-order valence-electron chi connectivity index (χ3n) is 5.26. The van der Waals surface area contributed by atoms with Crippen molar-refractivity contribution in [2.24, 2.45) is 0 Å². The summed E-state index contributed by atoms with van der Waals surface area (Å²) in [5.74, 6) is 1.45. The van der Waals surface area contributed by atoms with Crippen LogP contribution >= 0.6 is 11.3 Å². The molecule has 30 heavy (non-hydrogen) atoms. The zero-order valence-corrected chi connectivity index (χ0v) is 19.6. The molecule has 0 bridgehead atoms. The van der Waals surface area contributed by atoms with Crippen molar-refractivity contribution in [1.82, 2.24) is 24.8 Å². The van der Waals surface area contributed by atoms with E-state index in [0.717, 1.165) is 22.2 Å². The van der Waals surface area contributed by atoms with Crippen LogP contribution in [0, 0.1) is 13.8 Å². The van der Waals surface area contributed by atoms with E-state index in [9.17, 15) is 9.59 Å². The molecule has 1 saturated heterocycles. The minimum Gasteiger partial charge on any atom is -0.363 e. The van der Waals surface area contributed by atoms with Gasteiger partial charge in [0.2, 0.25) is 5.91 Å². The highest BCUT2D eigenvalue weighted by Crippen LogP contribution is 2.30. The highest BCUT2D eigenvalue weighted by molar-refractivity contribution is 7.13. The Kier molecular flexibility index (Phi) is 6.40. The van der Waals surface area contributed by atoms with Gasteiger partial charge in [-0.05, 0) is 27.7 Å². The average Bonchev–Trinajstić information content (AvgIpc) is 3.22. The van der Waals surface area contributed by atoms with Gasteiger partial charge in [-0.2, -0.15) is 0 Å². The van der Waals surface area contributed by atoms with Gasteiger partial charge in [0.05, 0.1) is 22.9 Å². The fourth-order valence-corrected chi connectivity index (χ4v) is 4.54. The summed E-state index contributed by atoms with van der Waals surface area (Å²) in [5.41, 5.74) is 1.60. The molecule has 0 aromatic carbocycles.